The second-order valence-corrected chi connectivity index (χ2v) is 14.1. The molecule has 1 fully saturated rings. The average Bonchev–Trinajstić information content (AvgIpc) is 2.65. The van der Waals surface area contributed by atoms with Crippen molar-refractivity contribution in [3.63, 3.8) is 0 Å². The molecule has 0 amide bonds. The van der Waals surface area contributed by atoms with Gasteiger partial charge in [-0.2, -0.15) is 0 Å². The molecule has 3 atom stereocenters. The van der Waals surface area contributed by atoms with Crippen molar-refractivity contribution in [3.05, 3.63) is 11.6 Å². The molecule has 0 bridgehead atoms. The molecule has 0 aliphatic heterocycles. The normalized spacial score (nSPS) is 34.0. The first-order valence-corrected chi connectivity index (χ1v) is 11.8. The van der Waals surface area contributed by atoms with Gasteiger partial charge in [0.25, 0.3) is 0 Å². The summed E-state index contributed by atoms with van der Waals surface area (Å²) in [5, 5.41) is 0.313. The van der Waals surface area contributed by atoms with Crippen LogP contribution in [0.5, 0.6) is 0 Å². The first-order chi connectivity index (χ1) is 9.49. The molecule has 0 heterocycles. The molecule has 1 saturated carbocycles. The number of allylic oxidation sites excluding steroid dienone is 2. The van der Waals surface area contributed by atoms with E-state index in [1.807, 2.05) is 0 Å². The van der Waals surface area contributed by atoms with E-state index in [1.54, 1.807) is 5.57 Å². The molecule has 122 valence electrons. The Bertz CT molecular complexity index is 416. The number of hydrogen-bond acceptors (Lipinski definition) is 1. The van der Waals surface area contributed by atoms with E-state index >= 15 is 0 Å². The zero-order valence-corrected chi connectivity index (χ0v) is 16.5. The van der Waals surface area contributed by atoms with Gasteiger partial charge in [0.15, 0.2) is 8.32 Å². The fraction of sp³-hybridized carbons (Fsp3) is 0.895. The lowest BCUT2D eigenvalue weighted by Gasteiger charge is -2.49. The monoisotopic (exact) mass is 308 g/mol. The highest BCUT2D eigenvalue weighted by Gasteiger charge is 2.50. The first kappa shape index (κ1) is 17.3. The predicted molar refractivity (Wildman–Crippen MR) is 95.1 cm³/mol. The smallest absolute Gasteiger partial charge is 0.192 e. The summed E-state index contributed by atoms with van der Waals surface area (Å²) in [5.41, 5.74) is 2.11. The van der Waals surface area contributed by atoms with Gasteiger partial charge in [-0.1, -0.05) is 59.6 Å². The molecule has 2 heteroatoms. The summed E-state index contributed by atoms with van der Waals surface area (Å²) in [7, 11) is -1.66. The molecule has 1 nitrogen and oxygen atoms in total. The van der Waals surface area contributed by atoms with E-state index in [4.69, 9.17) is 4.43 Å². The van der Waals surface area contributed by atoms with Crippen LogP contribution in [0.3, 0.4) is 0 Å². The molecular weight excluding hydrogens is 272 g/mol. The lowest BCUT2D eigenvalue weighted by Crippen LogP contribution is -2.49. The fourth-order valence-electron chi connectivity index (χ4n) is 4.32. The molecule has 0 aromatic heterocycles. The highest BCUT2D eigenvalue weighted by molar-refractivity contribution is 6.74. The average molecular weight is 309 g/mol. The summed E-state index contributed by atoms with van der Waals surface area (Å²) < 4.78 is 6.86. The molecular formula is C19H36OSi. The summed E-state index contributed by atoms with van der Waals surface area (Å²) in [4.78, 5) is 0. The van der Waals surface area contributed by atoms with Crippen LogP contribution in [-0.4, -0.2) is 14.4 Å². The van der Waals surface area contributed by atoms with Gasteiger partial charge in [-0.15, -0.1) is 0 Å². The van der Waals surface area contributed by atoms with E-state index in [0.717, 1.165) is 5.92 Å². The van der Waals surface area contributed by atoms with Gasteiger partial charge in [0.1, 0.15) is 0 Å². The van der Waals surface area contributed by atoms with E-state index in [2.05, 4.69) is 60.7 Å². The van der Waals surface area contributed by atoms with Crippen LogP contribution in [0.25, 0.3) is 0 Å². The number of fused-ring (bicyclic) bond motifs is 1. The van der Waals surface area contributed by atoms with Gasteiger partial charge in [-0.3, -0.25) is 0 Å². The van der Waals surface area contributed by atoms with E-state index in [-0.39, 0.29) is 0 Å². The SMILES string of the molecule is CC(C)C1=CC[C@H]2[C@@H](O[Si](C)(C)C(C)(C)C)CCC[C@]12C. The third kappa shape index (κ3) is 3.03. The maximum absolute atomic E-state index is 6.86. The maximum Gasteiger partial charge on any atom is 0.192 e. The van der Waals surface area contributed by atoms with Gasteiger partial charge >= 0.3 is 0 Å². The molecule has 0 radical (unpaired) electrons. The summed E-state index contributed by atoms with van der Waals surface area (Å²) in [6.45, 7) is 19.1. The van der Waals surface area contributed by atoms with E-state index < -0.39 is 8.32 Å². The molecule has 0 unspecified atom stereocenters. The standard InChI is InChI=1S/C19H36OSi/c1-14(2)15-11-12-16-17(10-9-13-19(15,16)6)20-21(7,8)18(3,4)5/h11,14,16-17H,9-10,12-13H2,1-8H3/t16-,17-,19+/m0/s1. The Labute approximate surface area is 133 Å². The third-order valence-corrected chi connectivity index (χ3v) is 11.1. The quantitative estimate of drug-likeness (QED) is 0.447. The molecule has 2 aliphatic carbocycles. The zero-order chi connectivity index (χ0) is 16.1. The van der Waals surface area contributed by atoms with E-state index in [0.29, 0.717) is 22.5 Å². The second-order valence-electron chi connectivity index (χ2n) is 9.38. The van der Waals surface area contributed by atoms with Gasteiger partial charge < -0.3 is 4.43 Å². The van der Waals surface area contributed by atoms with Crippen LogP contribution in [0.2, 0.25) is 18.1 Å². The van der Waals surface area contributed by atoms with Gasteiger partial charge in [0, 0.05) is 6.10 Å². The van der Waals surface area contributed by atoms with Crippen molar-refractivity contribution in [2.24, 2.45) is 17.3 Å². The molecule has 2 rings (SSSR count). The summed E-state index contributed by atoms with van der Waals surface area (Å²) >= 11 is 0. The van der Waals surface area contributed by atoms with Gasteiger partial charge in [-0.25, -0.2) is 0 Å². The van der Waals surface area contributed by atoms with Gasteiger partial charge in [0.2, 0.25) is 0 Å². The second kappa shape index (κ2) is 5.52. The Balaban J connectivity index is 2.18. The molecule has 0 N–H and O–H groups in total. The Hall–Kier alpha value is -0.0831. The zero-order valence-electron chi connectivity index (χ0n) is 15.5. The Morgan fingerprint density at radius 2 is 1.90 bits per heavy atom. The Morgan fingerprint density at radius 3 is 2.43 bits per heavy atom. The van der Waals surface area contributed by atoms with Crippen LogP contribution in [0.4, 0.5) is 0 Å². The Morgan fingerprint density at radius 1 is 1.29 bits per heavy atom. The molecule has 0 spiro atoms. The van der Waals surface area contributed by atoms with Crippen molar-refractivity contribution in [2.75, 3.05) is 0 Å². The minimum Gasteiger partial charge on any atom is -0.414 e. The van der Waals surface area contributed by atoms with Crippen molar-refractivity contribution < 1.29 is 4.43 Å². The largest absolute Gasteiger partial charge is 0.414 e. The lowest BCUT2D eigenvalue weighted by molar-refractivity contribution is 0.0166. The predicted octanol–water partition coefficient (Wildman–Crippen LogP) is 6.17. The minimum absolute atomic E-state index is 0.313. The highest BCUT2D eigenvalue weighted by Crippen LogP contribution is 2.56. The van der Waals surface area contributed by atoms with Crippen molar-refractivity contribution in [1.82, 2.24) is 0 Å². The van der Waals surface area contributed by atoms with Crippen LogP contribution in [-0.2, 0) is 4.43 Å². The van der Waals surface area contributed by atoms with Gasteiger partial charge in [-0.05, 0) is 54.6 Å². The van der Waals surface area contributed by atoms with Crippen molar-refractivity contribution in [1.29, 1.82) is 0 Å². The Kier molecular flexibility index (Phi) is 4.54. The third-order valence-electron chi connectivity index (χ3n) is 6.58. The lowest BCUT2D eigenvalue weighted by atomic mass is 9.63. The molecule has 21 heavy (non-hydrogen) atoms. The molecule has 0 aromatic carbocycles. The fourth-order valence-corrected chi connectivity index (χ4v) is 5.71. The topological polar surface area (TPSA) is 9.23 Å². The van der Waals surface area contributed by atoms with Crippen LogP contribution in [0.1, 0.15) is 67.2 Å². The summed E-state index contributed by atoms with van der Waals surface area (Å²) in [6, 6.07) is 0. The summed E-state index contributed by atoms with van der Waals surface area (Å²) in [5.74, 6) is 1.41. The molecule has 0 saturated heterocycles. The highest BCUT2D eigenvalue weighted by atomic mass is 28.4. The molecule has 2 aliphatic rings. The van der Waals surface area contributed by atoms with Crippen LogP contribution in [0.15, 0.2) is 11.6 Å². The van der Waals surface area contributed by atoms with Gasteiger partial charge in [0.05, 0.1) is 0 Å². The van der Waals surface area contributed by atoms with Crippen LogP contribution >= 0.6 is 0 Å². The first-order valence-electron chi connectivity index (χ1n) is 8.87. The minimum atomic E-state index is -1.66. The van der Waals surface area contributed by atoms with Crippen molar-refractivity contribution in [2.45, 2.75) is 91.5 Å². The number of hydrogen-bond donors (Lipinski definition) is 0. The number of rotatable bonds is 3. The molecule has 0 aromatic rings. The van der Waals surface area contributed by atoms with Crippen molar-refractivity contribution in [3.8, 4) is 0 Å². The van der Waals surface area contributed by atoms with Crippen LogP contribution < -0.4 is 0 Å². The van der Waals surface area contributed by atoms with Crippen LogP contribution in [0, 0.1) is 17.3 Å². The van der Waals surface area contributed by atoms with Crippen molar-refractivity contribution >= 4 is 8.32 Å². The van der Waals surface area contributed by atoms with E-state index in [9.17, 15) is 0 Å². The van der Waals surface area contributed by atoms with E-state index in [1.165, 1.54) is 25.7 Å². The maximum atomic E-state index is 6.86. The summed E-state index contributed by atoms with van der Waals surface area (Å²) in [6.07, 6.45) is 8.23.